The van der Waals surface area contributed by atoms with E-state index in [1.165, 1.54) is 5.56 Å². The fourth-order valence-electron chi connectivity index (χ4n) is 8.39. The van der Waals surface area contributed by atoms with Gasteiger partial charge in [-0.05, 0) is 71.8 Å². The standard InChI is InChI=1S/C51H30N4O2/c1-3-12-31(13-4-1)33-23-26-45-41(28-33)42-30-35(24-27-46(42)56-45)55-43-20-9-7-16-36(43)39-18-11-19-40(48(39)55)51-53-49(32-14-5-2-6-15-32)52-50(54-51)34-22-25-38-37-17-8-10-21-44(37)57-47(38)29-34/h1-30H. The zero-order chi connectivity index (χ0) is 37.5. The van der Waals surface area contributed by atoms with E-state index in [1.54, 1.807) is 0 Å². The Morgan fingerprint density at radius 3 is 1.77 bits per heavy atom. The summed E-state index contributed by atoms with van der Waals surface area (Å²) in [6.45, 7) is 0. The van der Waals surface area contributed by atoms with Crippen molar-refractivity contribution in [3.05, 3.63) is 182 Å². The molecule has 0 aliphatic rings. The quantitative estimate of drug-likeness (QED) is 0.176. The van der Waals surface area contributed by atoms with Crippen LogP contribution in [0.25, 0.3) is 117 Å². The van der Waals surface area contributed by atoms with Gasteiger partial charge in [-0.15, -0.1) is 0 Å². The Morgan fingerprint density at radius 2 is 0.930 bits per heavy atom. The lowest BCUT2D eigenvalue weighted by Gasteiger charge is -2.13. The number of fused-ring (bicyclic) bond motifs is 9. The topological polar surface area (TPSA) is 69.9 Å². The zero-order valence-electron chi connectivity index (χ0n) is 30.4. The molecule has 0 spiro atoms. The molecule has 0 radical (unpaired) electrons. The molecule has 57 heavy (non-hydrogen) atoms. The van der Waals surface area contributed by atoms with Gasteiger partial charge < -0.3 is 13.4 Å². The molecule has 0 aliphatic heterocycles. The van der Waals surface area contributed by atoms with Gasteiger partial charge in [0, 0.05) is 54.7 Å². The van der Waals surface area contributed by atoms with Gasteiger partial charge in [0.15, 0.2) is 17.5 Å². The Labute approximate surface area is 325 Å². The van der Waals surface area contributed by atoms with E-state index >= 15 is 0 Å². The fourth-order valence-corrected chi connectivity index (χ4v) is 8.39. The number of hydrogen-bond donors (Lipinski definition) is 0. The second kappa shape index (κ2) is 12.3. The molecule has 0 N–H and O–H groups in total. The highest BCUT2D eigenvalue weighted by Gasteiger charge is 2.21. The number of nitrogens with zero attached hydrogens (tertiary/aromatic N) is 4. The number of aromatic nitrogens is 4. The van der Waals surface area contributed by atoms with Crippen molar-refractivity contribution in [2.24, 2.45) is 0 Å². The van der Waals surface area contributed by atoms with Gasteiger partial charge in [0.25, 0.3) is 0 Å². The van der Waals surface area contributed by atoms with Gasteiger partial charge in [-0.2, -0.15) is 0 Å². The maximum absolute atomic E-state index is 6.40. The van der Waals surface area contributed by atoms with Gasteiger partial charge in [0.1, 0.15) is 22.3 Å². The van der Waals surface area contributed by atoms with Gasteiger partial charge in [0.05, 0.1) is 11.0 Å². The Morgan fingerprint density at radius 1 is 0.333 bits per heavy atom. The molecule has 0 fully saturated rings. The van der Waals surface area contributed by atoms with E-state index in [2.05, 4.69) is 126 Å². The first kappa shape index (κ1) is 31.5. The van der Waals surface area contributed by atoms with Crippen LogP contribution >= 0.6 is 0 Å². The summed E-state index contributed by atoms with van der Waals surface area (Å²) in [4.78, 5) is 15.5. The normalized spacial score (nSPS) is 11.9. The average Bonchev–Trinajstić information content (AvgIpc) is 3.95. The Balaban J connectivity index is 1.10. The third-order valence-electron chi connectivity index (χ3n) is 11.1. The molecular formula is C51H30N4O2. The van der Waals surface area contributed by atoms with Crippen molar-refractivity contribution in [3.8, 4) is 51.0 Å². The Bertz CT molecular complexity index is 3530. The van der Waals surface area contributed by atoms with Crippen molar-refractivity contribution in [1.82, 2.24) is 19.5 Å². The highest BCUT2D eigenvalue weighted by atomic mass is 16.3. The minimum Gasteiger partial charge on any atom is -0.456 e. The minimum absolute atomic E-state index is 0.571. The van der Waals surface area contributed by atoms with Gasteiger partial charge in [-0.1, -0.05) is 121 Å². The predicted molar refractivity (Wildman–Crippen MR) is 230 cm³/mol. The molecule has 6 nitrogen and oxygen atoms in total. The molecule has 0 amide bonds. The number of benzene rings is 8. The van der Waals surface area contributed by atoms with Crippen molar-refractivity contribution in [2.45, 2.75) is 0 Å². The van der Waals surface area contributed by atoms with Gasteiger partial charge >= 0.3 is 0 Å². The van der Waals surface area contributed by atoms with E-state index in [9.17, 15) is 0 Å². The van der Waals surface area contributed by atoms with Crippen LogP contribution in [0.4, 0.5) is 0 Å². The largest absolute Gasteiger partial charge is 0.456 e. The summed E-state index contributed by atoms with van der Waals surface area (Å²) in [5.74, 6) is 1.75. The number of furan rings is 2. The van der Waals surface area contributed by atoms with Crippen LogP contribution in [0.5, 0.6) is 0 Å². The molecule has 12 aromatic rings. The molecule has 0 atom stereocenters. The highest BCUT2D eigenvalue weighted by Crippen LogP contribution is 2.40. The summed E-state index contributed by atoms with van der Waals surface area (Å²) in [6.07, 6.45) is 0. The van der Waals surface area contributed by atoms with Crippen molar-refractivity contribution < 1.29 is 8.83 Å². The lowest BCUT2D eigenvalue weighted by atomic mass is 10.0. The SMILES string of the molecule is c1ccc(-c2ccc3oc4ccc(-n5c6ccccc6c6cccc(-c7nc(-c8ccccc8)nc(-c8ccc9c(c8)oc8ccccc89)n7)c65)cc4c3c2)cc1. The van der Waals surface area contributed by atoms with Gasteiger partial charge in [-0.3, -0.25) is 0 Å². The fraction of sp³-hybridized carbons (Fsp3) is 0. The smallest absolute Gasteiger partial charge is 0.166 e. The van der Waals surface area contributed by atoms with E-state index in [-0.39, 0.29) is 0 Å². The first-order chi connectivity index (χ1) is 28.2. The summed E-state index contributed by atoms with van der Waals surface area (Å²) in [5.41, 5.74) is 11.4. The van der Waals surface area contributed by atoms with Crippen molar-refractivity contribution >= 4 is 65.7 Å². The Hall–Kier alpha value is -7.83. The van der Waals surface area contributed by atoms with Crippen LogP contribution in [0.1, 0.15) is 0 Å². The molecular weight excluding hydrogens is 701 g/mol. The molecule has 0 aliphatic carbocycles. The predicted octanol–water partition coefficient (Wildman–Crippen LogP) is 13.4. The summed E-state index contributed by atoms with van der Waals surface area (Å²) < 4.78 is 15.0. The molecule has 12 rings (SSSR count). The van der Waals surface area contributed by atoms with Crippen LogP contribution in [-0.4, -0.2) is 19.5 Å². The monoisotopic (exact) mass is 730 g/mol. The molecule has 266 valence electrons. The lowest BCUT2D eigenvalue weighted by Crippen LogP contribution is -2.02. The first-order valence-corrected chi connectivity index (χ1v) is 19.0. The van der Waals surface area contributed by atoms with E-state index in [1.807, 2.05) is 60.7 Å². The lowest BCUT2D eigenvalue weighted by molar-refractivity contribution is 0.668. The van der Waals surface area contributed by atoms with Gasteiger partial charge in [-0.25, -0.2) is 15.0 Å². The first-order valence-electron chi connectivity index (χ1n) is 19.0. The average molecular weight is 731 g/mol. The molecule has 6 heteroatoms. The van der Waals surface area contributed by atoms with Crippen LogP contribution in [0, 0.1) is 0 Å². The van der Waals surface area contributed by atoms with Crippen LogP contribution in [0.15, 0.2) is 191 Å². The van der Waals surface area contributed by atoms with Crippen LogP contribution in [0.2, 0.25) is 0 Å². The Kier molecular flexibility index (Phi) is 6.83. The minimum atomic E-state index is 0.571. The van der Waals surface area contributed by atoms with Crippen LogP contribution in [-0.2, 0) is 0 Å². The van der Waals surface area contributed by atoms with E-state index in [0.717, 1.165) is 93.6 Å². The molecule has 8 aromatic carbocycles. The molecule has 0 saturated heterocycles. The van der Waals surface area contributed by atoms with E-state index < -0.39 is 0 Å². The highest BCUT2D eigenvalue weighted by molar-refractivity contribution is 6.14. The summed E-state index contributed by atoms with van der Waals surface area (Å²) in [5, 5.41) is 6.52. The van der Waals surface area contributed by atoms with Crippen molar-refractivity contribution in [3.63, 3.8) is 0 Å². The number of rotatable bonds is 5. The van der Waals surface area contributed by atoms with E-state index in [4.69, 9.17) is 23.8 Å². The van der Waals surface area contributed by atoms with Crippen LogP contribution in [0.3, 0.4) is 0 Å². The molecule has 0 saturated carbocycles. The molecule has 4 heterocycles. The second-order valence-electron chi connectivity index (χ2n) is 14.4. The van der Waals surface area contributed by atoms with Crippen molar-refractivity contribution in [1.29, 1.82) is 0 Å². The summed E-state index contributed by atoms with van der Waals surface area (Å²) in [7, 11) is 0. The second-order valence-corrected chi connectivity index (χ2v) is 14.4. The van der Waals surface area contributed by atoms with Gasteiger partial charge in [0.2, 0.25) is 0 Å². The molecule has 4 aromatic heterocycles. The number of para-hydroxylation sites is 3. The summed E-state index contributed by atoms with van der Waals surface area (Å²) >= 11 is 0. The maximum Gasteiger partial charge on any atom is 0.166 e. The third kappa shape index (κ3) is 5.01. The third-order valence-corrected chi connectivity index (χ3v) is 11.1. The maximum atomic E-state index is 6.40. The molecule has 0 bridgehead atoms. The number of hydrogen-bond acceptors (Lipinski definition) is 5. The molecule has 0 unspecified atom stereocenters. The van der Waals surface area contributed by atoms with Crippen LogP contribution < -0.4 is 0 Å². The zero-order valence-corrected chi connectivity index (χ0v) is 30.4. The van der Waals surface area contributed by atoms with E-state index in [0.29, 0.717) is 17.5 Å². The summed E-state index contributed by atoms with van der Waals surface area (Å²) in [6, 6.07) is 62.8. The van der Waals surface area contributed by atoms with Crippen molar-refractivity contribution in [2.75, 3.05) is 0 Å².